The molecule has 0 aromatic heterocycles. The molecule has 1 heterocycles. The predicted octanol–water partition coefficient (Wildman–Crippen LogP) is 5.73. The number of methoxy groups -OCH3 is 1. The molecule has 37 heavy (non-hydrogen) atoms. The van der Waals surface area contributed by atoms with Crippen LogP contribution in [0.15, 0.2) is 63.9 Å². The summed E-state index contributed by atoms with van der Waals surface area (Å²) in [4.78, 5) is 27.1. The average Bonchev–Trinajstić information content (AvgIpc) is 2.85. The van der Waals surface area contributed by atoms with Crippen LogP contribution in [0.4, 0.5) is 0 Å². The van der Waals surface area contributed by atoms with E-state index in [4.69, 9.17) is 14.2 Å². The van der Waals surface area contributed by atoms with Crippen molar-refractivity contribution in [3.8, 4) is 17.2 Å². The third-order valence-corrected chi connectivity index (χ3v) is 7.28. The minimum Gasteiger partial charge on any atom is -0.503 e. The number of phenols is 1. The van der Waals surface area contributed by atoms with E-state index < -0.39 is 17.8 Å². The van der Waals surface area contributed by atoms with Crippen LogP contribution in [-0.4, -0.2) is 36.7 Å². The minimum atomic E-state index is -0.612. The molecule has 0 radical (unpaired) electrons. The predicted molar refractivity (Wildman–Crippen MR) is 144 cm³/mol. The Morgan fingerprint density at radius 1 is 1.16 bits per heavy atom. The normalized spacial score (nSPS) is 21.2. The van der Waals surface area contributed by atoms with Crippen molar-refractivity contribution in [1.29, 1.82) is 0 Å². The fourth-order valence-corrected chi connectivity index (χ4v) is 5.55. The molecular formula is C29H32BrNO6. The molecule has 1 aliphatic heterocycles. The lowest BCUT2D eigenvalue weighted by molar-refractivity contribution is -0.143. The largest absolute Gasteiger partial charge is 0.503 e. The van der Waals surface area contributed by atoms with E-state index in [1.807, 2.05) is 38.1 Å². The van der Waals surface area contributed by atoms with Crippen LogP contribution in [0.2, 0.25) is 0 Å². The molecule has 0 spiro atoms. The molecule has 3 unspecified atom stereocenters. The number of phenolic OH excluding ortho intramolecular Hbond substituents is 1. The maximum Gasteiger partial charge on any atom is 0.336 e. The Balaban J connectivity index is 1.85. The number of Topliss-reactive ketones (excluding diaryl/α,β-unsaturated/α-hetero) is 1. The third-order valence-electron chi connectivity index (χ3n) is 6.68. The number of esters is 1. The molecule has 2 aromatic carbocycles. The van der Waals surface area contributed by atoms with Crippen LogP contribution in [0.25, 0.3) is 0 Å². The van der Waals surface area contributed by atoms with Crippen molar-refractivity contribution in [2.45, 2.75) is 52.1 Å². The molecule has 2 N–H and O–H groups in total. The number of benzene rings is 2. The highest BCUT2D eigenvalue weighted by Gasteiger charge is 2.45. The Kier molecular flexibility index (Phi) is 7.97. The lowest BCUT2D eigenvalue weighted by Gasteiger charge is -2.40. The Morgan fingerprint density at radius 3 is 2.49 bits per heavy atom. The highest BCUT2D eigenvalue weighted by Crippen LogP contribution is 2.49. The number of ketones is 1. The maximum atomic E-state index is 13.8. The van der Waals surface area contributed by atoms with Gasteiger partial charge in [-0.1, -0.05) is 18.2 Å². The van der Waals surface area contributed by atoms with Gasteiger partial charge in [0, 0.05) is 29.7 Å². The number of fused-ring (bicyclic) bond motifs is 1. The molecular weight excluding hydrogens is 538 g/mol. The van der Waals surface area contributed by atoms with E-state index in [-0.39, 0.29) is 29.3 Å². The van der Waals surface area contributed by atoms with Crippen molar-refractivity contribution in [3.63, 3.8) is 0 Å². The summed E-state index contributed by atoms with van der Waals surface area (Å²) in [6, 6.07) is 11.1. The third kappa shape index (κ3) is 5.39. The summed E-state index contributed by atoms with van der Waals surface area (Å²) < 4.78 is 16.9. The molecule has 0 amide bonds. The molecule has 7 nitrogen and oxygen atoms in total. The van der Waals surface area contributed by atoms with Gasteiger partial charge in [0.1, 0.15) is 11.5 Å². The number of aromatic hydroxyl groups is 1. The monoisotopic (exact) mass is 569 g/mol. The number of carbonyl (C=O) groups is 2. The van der Waals surface area contributed by atoms with Gasteiger partial charge in [-0.25, -0.2) is 4.79 Å². The molecule has 0 saturated carbocycles. The minimum absolute atomic E-state index is 0.0142. The SMILES string of the molecule is CCOc1cc(C2C(C(=O)OC(C)C)=C(C)NC3=CC(c4ccc(OC)cc4)CC(=O)C32)cc(Br)c1O. The Hall–Kier alpha value is -3.26. The zero-order chi connectivity index (χ0) is 26.9. The number of hydrogen-bond acceptors (Lipinski definition) is 7. The van der Waals surface area contributed by atoms with Gasteiger partial charge in [-0.05, 0) is 79.0 Å². The number of hydrogen-bond donors (Lipinski definition) is 2. The molecule has 0 fully saturated rings. The first-order valence-corrected chi connectivity index (χ1v) is 13.2. The molecule has 8 heteroatoms. The molecule has 1 aliphatic carbocycles. The number of halogens is 1. The summed E-state index contributed by atoms with van der Waals surface area (Å²) in [6.07, 6.45) is 2.05. The van der Waals surface area contributed by atoms with E-state index in [0.29, 0.717) is 34.3 Å². The van der Waals surface area contributed by atoms with Crippen LogP contribution in [0, 0.1) is 5.92 Å². The molecule has 4 rings (SSSR count). The molecule has 2 aromatic rings. The highest BCUT2D eigenvalue weighted by molar-refractivity contribution is 9.10. The Morgan fingerprint density at radius 2 is 1.86 bits per heavy atom. The van der Waals surface area contributed by atoms with Crippen molar-refractivity contribution < 1.29 is 28.9 Å². The van der Waals surface area contributed by atoms with Crippen LogP contribution in [0.5, 0.6) is 17.2 Å². The summed E-state index contributed by atoms with van der Waals surface area (Å²) in [6.45, 7) is 7.58. The van der Waals surface area contributed by atoms with E-state index in [9.17, 15) is 14.7 Å². The van der Waals surface area contributed by atoms with E-state index in [1.54, 1.807) is 33.1 Å². The van der Waals surface area contributed by atoms with Crippen molar-refractivity contribution in [2.24, 2.45) is 5.92 Å². The van der Waals surface area contributed by atoms with E-state index >= 15 is 0 Å². The highest BCUT2D eigenvalue weighted by atomic mass is 79.9. The lowest BCUT2D eigenvalue weighted by atomic mass is 9.68. The molecule has 0 saturated heterocycles. The zero-order valence-corrected chi connectivity index (χ0v) is 23.2. The summed E-state index contributed by atoms with van der Waals surface area (Å²) in [5, 5.41) is 13.8. The van der Waals surface area contributed by atoms with Gasteiger partial charge < -0.3 is 24.6 Å². The first-order chi connectivity index (χ1) is 17.6. The van der Waals surface area contributed by atoms with Crippen LogP contribution < -0.4 is 14.8 Å². The zero-order valence-electron chi connectivity index (χ0n) is 21.6. The molecule has 2 aliphatic rings. The number of carbonyl (C=O) groups excluding carboxylic acids is 2. The van der Waals surface area contributed by atoms with Crippen LogP contribution in [0.1, 0.15) is 57.1 Å². The second kappa shape index (κ2) is 11.0. The Bertz CT molecular complexity index is 1260. The first kappa shape index (κ1) is 26.8. The van der Waals surface area contributed by atoms with Crippen molar-refractivity contribution in [3.05, 3.63) is 75.0 Å². The molecule has 3 atom stereocenters. The second-order valence-corrected chi connectivity index (χ2v) is 10.4. The van der Waals surface area contributed by atoms with Gasteiger partial charge in [0.15, 0.2) is 11.5 Å². The van der Waals surface area contributed by atoms with Gasteiger partial charge in [0.05, 0.1) is 35.8 Å². The lowest BCUT2D eigenvalue weighted by Crippen LogP contribution is -2.42. The van der Waals surface area contributed by atoms with Gasteiger partial charge in [-0.3, -0.25) is 4.79 Å². The van der Waals surface area contributed by atoms with E-state index in [2.05, 4.69) is 27.3 Å². The smallest absolute Gasteiger partial charge is 0.336 e. The fourth-order valence-electron chi connectivity index (χ4n) is 5.09. The Labute approximate surface area is 225 Å². The first-order valence-electron chi connectivity index (χ1n) is 12.4. The van der Waals surface area contributed by atoms with Crippen molar-refractivity contribution in [1.82, 2.24) is 5.32 Å². The van der Waals surface area contributed by atoms with E-state index in [1.165, 1.54) is 0 Å². The number of ether oxygens (including phenoxy) is 3. The van der Waals surface area contributed by atoms with Gasteiger partial charge in [-0.2, -0.15) is 0 Å². The topological polar surface area (TPSA) is 94.1 Å². The second-order valence-electron chi connectivity index (χ2n) is 9.53. The number of allylic oxidation sites excluding steroid dienone is 3. The number of nitrogens with one attached hydrogen (secondary N) is 1. The van der Waals surface area contributed by atoms with Gasteiger partial charge in [0.2, 0.25) is 0 Å². The van der Waals surface area contributed by atoms with Crippen molar-refractivity contribution in [2.75, 3.05) is 13.7 Å². The summed E-state index contributed by atoms with van der Waals surface area (Å²) in [7, 11) is 1.62. The van der Waals surface area contributed by atoms with Crippen LogP contribution >= 0.6 is 15.9 Å². The fraction of sp³-hybridized carbons (Fsp3) is 0.379. The standard InChI is InChI=1S/C29H32BrNO6/c1-6-36-24-14-19(11-21(30)28(24)33)26-25(29(34)37-15(2)3)16(4)31-22-12-18(13-23(32)27(22)26)17-7-9-20(35-5)10-8-17/h7-12,14-15,18,26-27,31,33H,6,13H2,1-5H3. The maximum absolute atomic E-state index is 13.8. The van der Waals surface area contributed by atoms with E-state index in [0.717, 1.165) is 17.0 Å². The van der Waals surface area contributed by atoms with Crippen LogP contribution in [-0.2, 0) is 14.3 Å². The van der Waals surface area contributed by atoms with Crippen LogP contribution in [0.3, 0.4) is 0 Å². The molecule has 0 bridgehead atoms. The van der Waals surface area contributed by atoms with Gasteiger partial charge in [-0.15, -0.1) is 0 Å². The average molecular weight is 570 g/mol. The van der Waals surface area contributed by atoms with Gasteiger partial charge >= 0.3 is 5.97 Å². The summed E-state index contributed by atoms with van der Waals surface area (Å²) in [5.41, 5.74) is 3.46. The summed E-state index contributed by atoms with van der Waals surface area (Å²) >= 11 is 3.41. The quantitative estimate of drug-likeness (QED) is 0.411. The van der Waals surface area contributed by atoms with Gasteiger partial charge in [0.25, 0.3) is 0 Å². The molecule has 196 valence electrons. The number of rotatable bonds is 7. The summed E-state index contributed by atoms with van der Waals surface area (Å²) in [5.74, 6) is -0.793. The van der Waals surface area contributed by atoms with Crippen molar-refractivity contribution >= 4 is 27.7 Å².